The molecule has 2 rings (SSSR count). The number of thiazole rings is 1. The molecule has 2 nitrogen and oxygen atoms in total. The van der Waals surface area contributed by atoms with Gasteiger partial charge in [0.15, 0.2) is 4.96 Å². The van der Waals surface area contributed by atoms with Crippen molar-refractivity contribution >= 4 is 48.2 Å². The van der Waals surface area contributed by atoms with Crippen LogP contribution in [0.1, 0.15) is 0 Å². The summed E-state index contributed by atoms with van der Waals surface area (Å²) < 4.78 is 3.82. The van der Waals surface area contributed by atoms with E-state index in [2.05, 4.69) is 36.8 Å². The van der Waals surface area contributed by atoms with Crippen molar-refractivity contribution < 1.29 is 0 Å². The largest absolute Gasteiger partial charge is 0.284 e. The van der Waals surface area contributed by atoms with Gasteiger partial charge in [0.1, 0.15) is 9.21 Å². The highest BCUT2D eigenvalue weighted by molar-refractivity contribution is 9.13. The molecule has 0 N–H and O–H groups in total. The Morgan fingerprint density at radius 2 is 2.30 bits per heavy atom. The van der Waals surface area contributed by atoms with Crippen LogP contribution in [0.4, 0.5) is 0 Å². The van der Waals surface area contributed by atoms with Gasteiger partial charge in [-0.15, -0.1) is 11.3 Å². The second-order valence-electron chi connectivity index (χ2n) is 1.75. The van der Waals surface area contributed by atoms with E-state index in [1.807, 2.05) is 16.0 Å². The monoisotopic (exact) mass is 280 g/mol. The number of rotatable bonds is 0. The van der Waals surface area contributed by atoms with Gasteiger partial charge in [0.2, 0.25) is 0 Å². The van der Waals surface area contributed by atoms with Gasteiger partial charge in [-0.2, -0.15) is 0 Å². The lowest BCUT2D eigenvalue weighted by Crippen LogP contribution is -1.72. The van der Waals surface area contributed by atoms with Crippen LogP contribution in [-0.4, -0.2) is 9.38 Å². The minimum Gasteiger partial charge on any atom is -0.284 e. The van der Waals surface area contributed by atoms with E-state index in [4.69, 9.17) is 0 Å². The van der Waals surface area contributed by atoms with Crippen LogP contribution < -0.4 is 0 Å². The molecule has 0 amide bonds. The van der Waals surface area contributed by atoms with Crippen molar-refractivity contribution in [2.24, 2.45) is 0 Å². The molecule has 10 heavy (non-hydrogen) atoms. The number of fused-ring (bicyclic) bond motifs is 1. The summed E-state index contributed by atoms with van der Waals surface area (Å²) in [6, 6.07) is 0. The molecule has 0 aliphatic rings. The zero-order valence-electron chi connectivity index (χ0n) is 4.71. The van der Waals surface area contributed by atoms with Gasteiger partial charge in [-0.25, -0.2) is 4.98 Å². The standard InChI is InChI=1S/C5H2Br2N2S/c6-3-4(7)9-1-2-10-5(9)8-3/h1-2H. The number of hydrogen-bond donors (Lipinski definition) is 0. The molecule has 0 saturated heterocycles. The summed E-state index contributed by atoms with van der Waals surface area (Å²) in [6.07, 6.45) is 1.97. The first-order valence-corrected chi connectivity index (χ1v) is 5.02. The Hall–Kier alpha value is 0.130. The summed E-state index contributed by atoms with van der Waals surface area (Å²) in [5.41, 5.74) is 0. The second-order valence-corrected chi connectivity index (χ2v) is 4.12. The highest BCUT2D eigenvalue weighted by Crippen LogP contribution is 2.25. The fourth-order valence-corrected chi connectivity index (χ4v) is 2.41. The third-order valence-electron chi connectivity index (χ3n) is 1.16. The average molecular weight is 282 g/mol. The van der Waals surface area contributed by atoms with Crippen molar-refractivity contribution in [3.05, 3.63) is 20.8 Å². The highest BCUT2D eigenvalue weighted by Gasteiger charge is 2.05. The first kappa shape index (κ1) is 6.82. The van der Waals surface area contributed by atoms with Crippen molar-refractivity contribution in [2.45, 2.75) is 0 Å². The molecule has 0 radical (unpaired) electrons. The molecule has 2 aromatic heterocycles. The van der Waals surface area contributed by atoms with Gasteiger partial charge in [-0.05, 0) is 31.9 Å². The third kappa shape index (κ3) is 0.844. The summed E-state index contributed by atoms with van der Waals surface area (Å²) in [5, 5.41) is 2.00. The predicted octanol–water partition coefficient (Wildman–Crippen LogP) is 2.92. The fourth-order valence-electron chi connectivity index (χ4n) is 0.732. The van der Waals surface area contributed by atoms with E-state index in [9.17, 15) is 0 Å². The van der Waals surface area contributed by atoms with Crippen LogP contribution in [0.15, 0.2) is 20.8 Å². The number of halogens is 2. The number of aromatic nitrogens is 2. The molecule has 5 heteroatoms. The second kappa shape index (κ2) is 2.32. The maximum Gasteiger partial charge on any atom is 0.195 e. The summed E-state index contributed by atoms with van der Waals surface area (Å²) in [4.78, 5) is 5.22. The Kier molecular flexibility index (Phi) is 1.58. The van der Waals surface area contributed by atoms with Gasteiger partial charge in [0.05, 0.1) is 0 Å². The summed E-state index contributed by atoms with van der Waals surface area (Å²) in [5.74, 6) is 0. The van der Waals surface area contributed by atoms with Crippen molar-refractivity contribution in [2.75, 3.05) is 0 Å². The zero-order valence-corrected chi connectivity index (χ0v) is 8.70. The van der Waals surface area contributed by atoms with Crippen LogP contribution in [-0.2, 0) is 0 Å². The Balaban J connectivity index is 2.95. The SMILES string of the molecule is Brc1nc2sccn2c1Br. The molecule has 0 atom stereocenters. The van der Waals surface area contributed by atoms with Crippen LogP contribution in [0, 0.1) is 0 Å². The first-order valence-electron chi connectivity index (χ1n) is 2.55. The molecule has 52 valence electrons. The van der Waals surface area contributed by atoms with E-state index in [1.54, 1.807) is 11.3 Å². The Labute approximate surface area is 78.1 Å². The lowest BCUT2D eigenvalue weighted by molar-refractivity contribution is 1.19. The molecule has 0 spiro atoms. The summed E-state index contributed by atoms with van der Waals surface area (Å²) in [6.45, 7) is 0. The van der Waals surface area contributed by atoms with Crippen LogP contribution in [0.25, 0.3) is 4.96 Å². The molecule has 0 fully saturated rings. The molecule has 0 aromatic carbocycles. The normalized spacial score (nSPS) is 11.0. The number of imidazole rings is 1. The van der Waals surface area contributed by atoms with Crippen molar-refractivity contribution in [1.82, 2.24) is 9.38 Å². The van der Waals surface area contributed by atoms with Crippen molar-refractivity contribution in [1.29, 1.82) is 0 Å². The lowest BCUT2D eigenvalue weighted by atomic mass is 10.9. The average Bonchev–Trinajstić information content (AvgIpc) is 2.41. The summed E-state index contributed by atoms with van der Waals surface area (Å²) >= 11 is 8.32. The van der Waals surface area contributed by atoms with Crippen LogP contribution >= 0.6 is 43.2 Å². The minimum atomic E-state index is 0.861. The summed E-state index contributed by atoms with van der Waals surface area (Å²) in [7, 11) is 0. The highest BCUT2D eigenvalue weighted by atomic mass is 79.9. The molecule has 0 unspecified atom stereocenters. The third-order valence-corrected chi connectivity index (χ3v) is 3.76. The van der Waals surface area contributed by atoms with Crippen molar-refractivity contribution in [3.63, 3.8) is 0 Å². The Morgan fingerprint density at radius 1 is 1.50 bits per heavy atom. The van der Waals surface area contributed by atoms with Crippen LogP contribution in [0.3, 0.4) is 0 Å². The quantitative estimate of drug-likeness (QED) is 0.726. The van der Waals surface area contributed by atoms with Crippen LogP contribution in [0.2, 0.25) is 0 Å². The fraction of sp³-hybridized carbons (Fsp3) is 0. The van der Waals surface area contributed by atoms with Crippen molar-refractivity contribution in [3.8, 4) is 0 Å². The topological polar surface area (TPSA) is 17.3 Å². The van der Waals surface area contributed by atoms with E-state index in [-0.39, 0.29) is 0 Å². The molecule has 0 saturated carbocycles. The van der Waals surface area contributed by atoms with E-state index < -0.39 is 0 Å². The Morgan fingerprint density at radius 3 is 3.00 bits per heavy atom. The zero-order chi connectivity index (χ0) is 7.14. The van der Waals surface area contributed by atoms with Gasteiger partial charge < -0.3 is 0 Å². The van der Waals surface area contributed by atoms with Gasteiger partial charge in [0, 0.05) is 11.6 Å². The number of hydrogen-bond acceptors (Lipinski definition) is 2. The van der Waals surface area contributed by atoms with E-state index in [1.165, 1.54) is 0 Å². The predicted molar refractivity (Wildman–Crippen MR) is 48.5 cm³/mol. The van der Waals surface area contributed by atoms with E-state index >= 15 is 0 Å². The maximum atomic E-state index is 4.22. The molecular formula is C5H2Br2N2S. The van der Waals surface area contributed by atoms with Gasteiger partial charge in [0.25, 0.3) is 0 Å². The van der Waals surface area contributed by atoms with Gasteiger partial charge >= 0.3 is 0 Å². The smallest absolute Gasteiger partial charge is 0.195 e. The molecule has 0 aliphatic carbocycles. The maximum absolute atomic E-state index is 4.22. The van der Waals surface area contributed by atoms with Crippen LogP contribution in [0.5, 0.6) is 0 Å². The van der Waals surface area contributed by atoms with E-state index in [0.717, 1.165) is 14.2 Å². The molecule has 2 aromatic rings. The van der Waals surface area contributed by atoms with E-state index in [0.29, 0.717) is 0 Å². The molecule has 0 bridgehead atoms. The number of nitrogens with zero attached hydrogens (tertiary/aromatic N) is 2. The lowest BCUT2D eigenvalue weighted by Gasteiger charge is -1.82. The Bertz CT molecular complexity index is 364. The minimum absolute atomic E-state index is 0.861. The van der Waals surface area contributed by atoms with Gasteiger partial charge in [-0.3, -0.25) is 4.40 Å². The van der Waals surface area contributed by atoms with Gasteiger partial charge in [-0.1, -0.05) is 0 Å². The first-order chi connectivity index (χ1) is 4.79. The molecule has 2 heterocycles. The molecular weight excluding hydrogens is 280 g/mol. The molecule has 0 aliphatic heterocycles.